The number of ether oxygens (including phenoxy) is 2. The number of benzene rings is 1. The zero-order chi connectivity index (χ0) is 21.0. The Labute approximate surface area is 167 Å². The number of methoxy groups -OCH3 is 2. The van der Waals surface area contributed by atoms with Crippen LogP contribution in [0, 0.1) is 5.92 Å². The number of aliphatic carboxylic acids is 1. The van der Waals surface area contributed by atoms with E-state index in [2.05, 4.69) is 15.4 Å². The zero-order valence-electron chi connectivity index (χ0n) is 16.4. The summed E-state index contributed by atoms with van der Waals surface area (Å²) in [4.78, 5) is 27.5. The van der Waals surface area contributed by atoms with Crippen molar-refractivity contribution >= 4 is 22.9 Å². The molecule has 0 radical (unpaired) electrons. The molecule has 0 saturated carbocycles. The minimum Gasteiger partial charge on any atom is -0.497 e. The highest BCUT2D eigenvalue weighted by molar-refractivity contribution is 5.97. The molecule has 3 rings (SSSR count). The number of carbonyl (C=O) groups is 2. The number of carbonyl (C=O) groups excluding carboxylic acids is 1. The van der Waals surface area contributed by atoms with E-state index in [4.69, 9.17) is 14.6 Å². The molecule has 0 aliphatic heterocycles. The molecular weight excluding hydrogens is 376 g/mol. The minimum atomic E-state index is -0.964. The van der Waals surface area contributed by atoms with Gasteiger partial charge in [0.2, 0.25) is 0 Å². The summed E-state index contributed by atoms with van der Waals surface area (Å²) < 4.78 is 12.4. The summed E-state index contributed by atoms with van der Waals surface area (Å²) in [5, 5.41) is 16.6. The minimum absolute atomic E-state index is 0.0444. The molecule has 0 saturated heterocycles. The number of hydrogen-bond acceptors (Lipinski definition) is 6. The molecule has 2 aromatic heterocycles. The van der Waals surface area contributed by atoms with Crippen molar-refractivity contribution in [3.8, 4) is 11.5 Å². The molecule has 2 heterocycles. The fourth-order valence-electron chi connectivity index (χ4n) is 2.79. The average molecular weight is 398 g/mol. The Morgan fingerprint density at radius 3 is 2.69 bits per heavy atom. The molecule has 152 valence electrons. The third-order valence-electron chi connectivity index (χ3n) is 4.54. The van der Waals surface area contributed by atoms with Crippen LogP contribution >= 0.6 is 0 Å². The van der Waals surface area contributed by atoms with Crippen LogP contribution in [0.5, 0.6) is 11.5 Å². The van der Waals surface area contributed by atoms with Crippen LogP contribution in [0.25, 0.3) is 11.0 Å². The van der Waals surface area contributed by atoms with Gasteiger partial charge in [-0.05, 0) is 18.2 Å². The summed E-state index contributed by atoms with van der Waals surface area (Å²) in [5.41, 5.74) is 1.87. The van der Waals surface area contributed by atoms with Crippen LogP contribution in [0.4, 0.5) is 0 Å². The first-order valence-corrected chi connectivity index (χ1v) is 8.96. The Morgan fingerprint density at radius 2 is 2.00 bits per heavy atom. The van der Waals surface area contributed by atoms with Crippen molar-refractivity contribution in [3.63, 3.8) is 0 Å². The molecule has 0 fully saturated rings. The number of carboxylic acid groups (broad SMARTS) is 1. The lowest BCUT2D eigenvalue weighted by Gasteiger charge is -2.11. The normalized spacial score (nSPS) is 11.8. The maximum Gasteiger partial charge on any atom is 0.308 e. The van der Waals surface area contributed by atoms with Crippen LogP contribution in [-0.2, 0) is 11.3 Å². The van der Waals surface area contributed by atoms with Crippen LogP contribution in [0.2, 0.25) is 0 Å². The molecule has 1 atom stereocenters. The predicted octanol–water partition coefficient (Wildman–Crippen LogP) is 1.95. The maximum atomic E-state index is 12.3. The standard InChI is InChI=1S/C20H22N4O5/c1-12(20(26)27)8-22-19(25)15-6-14-10-23-24(18(14)21-9-15)11-13-4-5-16(28-2)7-17(13)29-3/h4-7,9-10,12H,8,11H2,1-3H3,(H,22,25)(H,26,27). The van der Waals surface area contributed by atoms with E-state index >= 15 is 0 Å². The first-order chi connectivity index (χ1) is 13.9. The van der Waals surface area contributed by atoms with Gasteiger partial charge < -0.3 is 19.9 Å². The van der Waals surface area contributed by atoms with Gasteiger partial charge in [0.05, 0.1) is 38.4 Å². The number of fused-ring (bicyclic) bond motifs is 1. The molecule has 0 aliphatic rings. The summed E-state index contributed by atoms with van der Waals surface area (Å²) in [6, 6.07) is 7.22. The van der Waals surface area contributed by atoms with Gasteiger partial charge in [0.25, 0.3) is 5.91 Å². The number of nitrogens with one attached hydrogen (secondary N) is 1. The predicted molar refractivity (Wildman–Crippen MR) is 105 cm³/mol. The number of hydrogen-bond donors (Lipinski definition) is 2. The third-order valence-corrected chi connectivity index (χ3v) is 4.54. The van der Waals surface area contributed by atoms with Crippen molar-refractivity contribution in [1.82, 2.24) is 20.1 Å². The van der Waals surface area contributed by atoms with E-state index in [1.807, 2.05) is 12.1 Å². The molecule has 0 spiro atoms. The second kappa shape index (κ2) is 8.59. The van der Waals surface area contributed by atoms with Crippen molar-refractivity contribution in [2.24, 2.45) is 5.92 Å². The van der Waals surface area contributed by atoms with E-state index in [1.165, 1.54) is 13.1 Å². The van der Waals surface area contributed by atoms with E-state index in [9.17, 15) is 9.59 Å². The molecule has 2 N–H and O–H groups in total. The first kappa shape index (κ1) is 20.1. The summed E-state index contributed by atoms with van der Waals surface area (Å²) in [5.74, 6) is -0.637. The van der Waals surface area contributed by atoms with Crippen molar-refractivity contribution in [3.05, 3.63) is 47.8 Å². The summed E-state index contributed by atoms with van der Waals surface area (Å²) >= 11 is 0. The van der Waals surface area contributed by atoms with E-state index in [-0.39, 0.29) is 12.5 Å². The van der Waals surface area contributed by atoms with Crippen molar-refractivity contribution < 1.29 is 24.2 Å². The smallest absolute Gasteiger partial charge is 0.308 e. The van der Waals surface area contributed by atoms with Crippen LogP contribution in [0.3, 0.4) is 0 Å². The fourth-order valence-corrected chi connectivity index (χ4v) is 2.79. The summed E-state index contributed by atoms with van der Waals surface area (Å²) in [6.07, 6.45) is 3.08. The van der Waals surface area contributed by atoms with E-state index in [0.29, 0.717) is 34.6 Å². The Morgan fingerprint density at radius 1 is 1.21 bits per heavy atom. The summed E-state index contributed by atoms with van der Waals surface area (Å²) in [6.45, 7) is 2.01. The topological polar surface area (TPSA) is 116 Å². The van der Waals surface area contributed by atoms with Crippen LogP contribution in [-0.4, -0.2) is 52.5 Å². The second-order valence-corrected chi connectivity index (χ2v) is 6.57. The summed E-state index contributed by atoms with van der Waals surface area (Å²) in [7, 11) is 3.18. The molecule has 0 aliphatic carbocycles. The highest BCUT2D eigenvalue weighted by atomic mass is 16.5. The molecule has 9 nitrogen and oxygen atoms in total. The highest BCUT2D eigenvalue weighted by Gasteiger charge is 2.15. The third kappa shape index (κ3) is 4.45. The van der Waals surface area contributed by atoms with Crippen molar-refractivity contribution in [2.45, 2.75) is 13.5 Å². The monoisotopic (exact) mass is 398 g/mol. The number of rotatable bonds is 8. The molecule has 1 amide bonds. The Bertz CT molecular complexity index is 1050. The van der Waals surface area contributed by atoms with Gasteiger partial charge in [0, 0.05) is 29.8 Å². The van der Waals surface area contributed by atoms with Crippen LogP contribution in [0.15, 0.2) is 36.7 Å². The second-order valence-electron chi connectivity index (χ2n) is 6.57. The fraction of sp³-hybridized carbons (Fsp3) is 0.300. The zero-order valence-corrected chi connectivity index (χ0v) is 16.4. The lowest BCUT2D eigenvalue weighted by atomic mass is 10.1. The number of amides is 1. The van der Waals surface area contributed by atoms with Gasteiger partial charge in [-0.1, -0.05) is 6.92 Å². The van der Waals surface area contributed by atoms with E-state index in [0.717, 1.165) is 5.56 Å². The van der Waals surface area contributed by atoms with Gasteiger partial charge in [-0.3, -0.25) is 9.59 Å². The maximum absolute atomic E-state index is 12.3. The van der Waals surface area contributed by atoms with Crippen LogP contribution in [0.1, 0.15) is 22.8 Å². The Hall–Kier alpha value is -3.62. The SMILES string of the molecule is COc1ccc(Cn2ncc3cc(C(=O)NCC(C)C(=O)O)cnc32)c(OC)c1. The average Bonchev–Trinajstić information content (AvgIpc) is 3.13. The Balaban J connectivity index is 1.79. The van der Waals surface area contributed by atoms with Crippen molar-refractivity contribution in [2.75, 3.05) is 20.8 Å². The van der Waals surface area contributed by atoms with Gasteiger partial charge in [-0.25, -0.2) is 9.67 Å². The van der Waals surface area contributed by atoms with Crippen molar-refractivity contribution in [1.29, 1.82) is 0 Å². The number of aromatic nitrogens is 3. The number of carboxylic acids is 1. The first-order valence-electron chi connectivity index (χ1n) is 8.96. The molecular formula is C20H22N4O5. The van der Waals surface area contributed by atoms with Gasteiger partial charge in [-0.15, -0.1) is 0 Å². The molecule has 29 heavy (non-hydrogen) atoms. The van der Waals surface area contributed by atoms with Gasteiger partial charge in [0.15, 0.2) is 5.65 Å². The lowest BCUT2D eigenvalue weighted by molar-refractivity contribution is -0.140. The van der Waals surface area contributed by atoms with E-state index < -0.39 is 11.9 Å². The van der Waals surface area contributed by atoms with Crippen LogP contribution < -0.4 is 14.8 Å². The highest BCUT2D eigenvalue weighted by Crippen LogP contribution is 2.26. The molecule has 3 aromatic rings. The van der Waals surface area contributed by atoms with Gasteiger partial charge in [0.1, 0.15) is 11.5 Å². The lowest BCUT2D eigenvalue weighted by Crippen LogP contribution is -2.31. The van der Waals surface area contributed by atoms with E-state index in [1.54, 1.807) is 37.2 Å². The van der Waals surface area contributed by atoms with Gasteiger partial charge in [-0.2, -0.15) is 5.10 Å². The molecule has 1 unspecified atom stereocenters. The number of pyridine rings is 1. The molecule has 1 aromatic carbocycles. The molecule has 0 bridgehead atoms. The van der Waals surface area contributed by atoms with Gasteiger partial charge >= 0.3 is 5.97 Å². The molecule has 9 heteroatoms. The Kier molecular flexibility index (Phi) is 5.96. The number of nitrogens with zero attached hydrogens (tertiary/aromatic N) is 3. The largest absolute Gasteiger partial charge is 0.497 e. The quantitative estimate of drug-likeness (QED) is 0.596.